The molecule has 20 heavy (non-hydrogen) atoms. The van der Waals surface area contributed by atoms with E-state index in [1.165, 1.54) is 0 Å². The van der Waals surface area contributed by atoms with Crippen LogP contribution in [0, 0.1) is 6.92 Å². The molecule has 0 amide bonds. The lowest BCUT2D eigenvalue weighted by Gasteiger charge is -2.23. The Morgan fingerprint density at radius 1 is 1.25 bits per heavy atom. The summed E-state index contributed by atoms with van der Waals surface area (Å²) in [5.74, 6) is 0.00854. The van der Waals surface area contributed by atoms with E-state index in [-0.39, 0.29) is 5.96 Å². The average molecular weight is 265 g/mol. The van der Waals surface area contributed by atoms with Gasteiger partial charge < -0.3 is 11.5 Å². The van der Waals surface area contributed by atoms with E-state index in [4.69, 9.17) is 11.5 Å². The van der Waals surface area contributed by atoms with Gasteiger partial charge in [-0.25, -0.2) is 4.99 Å². The van der Waals surface area contributed by atoms with Crippen LogP contribution in [0.3, 0.4) is 0 Å². The molecule has 0 radical (unpaired) electrons. The minimum absolute atomic E-state index is 0.00854. The molecule has 3 rings (SSSR count). The van der Waals surface area contributed by atoms with Crippen LogP contribution in [0.2, 0.25) is 0 Å². The molecule has 0 saturated carbocycles. The Morgan fingerprint density at radius 2 is 2.10 bits per heavy atom. The lowest BCUT2D eigenvalue weighted by atomic mass is 9.94. The predicted octanol–water partition coefficient (Wildman–Crippen LogP) is 1.61. The quantitative estimate of drug-likeness (QED) is 0.638. The van der Waals surface area contributed by atoms with Crippen LogP contribution in [0.25, 0.3) is 10.9 Å². The number of fused-ring (bicyclic) bond motifs is 1. The SMILES string of the molecule is Cc1c(C2(N=C(N)N)C=CC=N2)ccc2cccnc12. The van der Waals surface area contributed by atoms with Crippen molar-refractivity contribution < 1.29 is 0 Å². The Hall–Kier alpha value is -2.69. The van der Waals surface area contributed by atoms with Gasteiger partial charge in [-0.05, 0) is 30.7 Å². The Morgan fingerprint density at radius 3 is 2.80 bits per heavy atom. The van der Waals surface area contributed by atoms with Gasteiger partial charge in [0.15, 0.2) is 11.6 Å². The van der Waals surface area contributed by atoms with E-state index >= 15 is 0 Å². The minimum Gasteiger partial charge on any atom is -0.370 e. The summed E-state index contributed by atoms with van der Waals surface area (Å²) in [4.78, 5) is 13.2. The number of hydrogen-bond acceptors (Lipinski definition) is 3. The number of aryl methyl sites for hydroxylation is 1. The number of nitrogens with two attached hydrogens (primary N) is 2. The molecular formula is C15H15N5. The van der Waals surface area contributed by atoms with Gasteiger partial charge in [0.1, 0.15) is 0 Å². The second-order valence-electron chi connectivity index (χ2n) is 4.71. The van der Waals surface area contributed by atoms with Crippen LogP contribution in [0.4, 0.5) is 0 Å². The van der Waals surface area contributed by atoms with Gasteiger partial charge in [-0.1, -0.05) is 18.2 Å². The summed E-state index contributed by atoms with van der Waals surface area (Å²) in [5.41, 5.74) is 13.2. The first-order valence-corrected chi connectivity index (χ1v) is 6.31. The molecule has 1 unspecified atom stereocenters. The molecule has 0 bridgehead atoms. The summed E-state index contributed by atoms with van der Waals surface area (Å²) in [5, 5.41) is 1.08. The van der Waals surface area contributed by atoms with Gasteiger partial charge in [0.25, 0.3) is 0 Å². The fraction of sp³-hybridized carbons (Fsp3) is 0.133. The number of nitrogens with zero attached hydrogens (tertiary/aromatic N) is 3. The van der Waals surface area contributed by atoms with Crippen molar-refractivity contribution in [3.8, 4) is 0 Å². The zero-order valence-corrected chi connectivity index (χ0v) is 11.1. The Labute approximate surface area is 116 Å². The third kappa shape index (κ3) is 1.84. The fourth-order valence-electron chi connectivity index (χ4n) is 2.55. The van der Waals surface area contributed by atoms with Crippen LogP contribution in [-0.2, 0) is 5.66 Å². The predicted molar refractivity (Wildman–Crippen MR) is 81.6 cm³/mol. The van der Waals surface area contributed by atoms with E-state index < -0.39 is 5.66 Å². The first-order valence-electron chi connectivity index (χ1n) is 6.31. The lowest BCUT2D eigenvalue weighted by molar-refractivity contribution is 0.607. The minimum atomic E-state index is -0.866. The van der Waals surface area contributed by atoms with Gasteiger partial charge in [0, 0.05) is 23.4 Å². The van der Waals surface area contributed by atoms with Crippen LogP contribution < -0.4 is 11.5 Å². The van der Waals surface area contributed by atoms with Crippen LogP contribution in [-0.4, -0.2) is 17.2 Å². The molecule has 5 nitrogen and oxygen atoms in total. The van der Waals surface area contributed by atoms with Gasteiger partial charge in [-0.3, -0.25) is 9.98 Å². The maximum Gasteiger partial charge on any atom is 0.198 e. The van der Waals surface area contributed by atoms with E-state index in [1.807, 2.05) is 43.3 Å². The van der Waals surface area contributed by atoms with Crippen molar-refractivity contribution in [2.75, 3.05) is 0 Å². The second-order valence-corrected chi connectivity index (χ2v) is 4.71. The average Bonchev–Trinajstić information content (AvgIpc) is 2.88. The summed E-state index contributed by atoms with van der Waals surface area (Å²) in [6.07, 6.45) is 7.20. The number of guanidine groups is 1. The van der Waals surface area contributed by atoms with Crippen LogP contribution in [0.15, 0.2) is 52.6 Å². The number of pyridine rings is 1. The standard InChI is InChI=1S/C15H15N5/c1-10-12(6-5-11-4-2-8-18-13(10)11)15(20-14(16)17)7-3-9-19-15/h2-9H,1H3,(H4,16,17,20). The van der Waals surface area contributed by atoms with Gasteiger partial charge >= 0.3 is 0 Å². The van der Waals surface area contributed by atoms with Gasteiger partial charge in [-0.15, -0.1) is 0 Å². The molecule has 1 aromatic carbocycles. The number of aromatic nitrogens is 1. The van der Waals surface area contributed by atoms with Crippen molar-refractivity contribution >= 4 is 23.1 Å². The normalized spacial score (nSPS) is 20.4. The molecule has 2 aromatic rings. The van der Waals surface area contributed by atoms with E-state index in [0.717, 1.165) is 22.0 Å². The fourth-order valence-corrected chi connectivity index (χ4v) is 2.55. The highest BCUT2D eigenvalue weighted by Gasteiger charge is 2.32. The molecule has 1 atom stereocenters. The zero-order valence-electron chi connectivity index (χ0n) is 11.1. The van der Waals surface area contributed by atoms with E-state index in [2.05, 4.69) is 15.0 Å². The highest BCUT2D eigenvalue weighted by molar-refractivity contribution is 5.85. The smallest absolute Gasteiger partial charge is 0.198 e. The molecule has 5 heteroatoms. The van der Waals surface area contributed by atoms with E-state index in [9.17, 15) is 0 Å². The Bertz CT molecular complexity index is 742. The second kappa shape index (κ2) is 4.45. The molecule has 100 valence electrons. The van der Waals surface area contributed by atoms with Gasteiger partial charge in [0.05, 0.1) is 5.52 Å². The highest BCUT2D eigenvalue weighted by Crippen LogP contribution is 2.36. The third-order valence-electron chi connectivity index (χ3n) is 3.41. The highest BCUT2D eigenvalue weighted by atomic mass is 15.1. The molecular weight excluding hydrogens is 250 g/mol. The van der Waals surface area contributed by atoms with Gasteiger partial charge in [0.2, 0.25) is 0 Å². The van der Waals surface area contributed by atoms with Crippen molar-refractivity contribution in [2.45, 2.75) is 12.6 Å². The molecule has 2 heterocycles. The first kappa shape index (κ1) is 12.3. The van der Waals surface area contributed by atoms with Gasteiger partial charge in [-0.2, -0.15) is 0 Å². The molecule has 0 fully saturated rings. The molecule has 0 spiro atoms. The van der Waals surface area contributed by atoms with Crippen molar-refractivity contribution in [2.24, 2.45) is 21.5 Å². The number of hydrogen-bond donors (Lipinski definition) is 2. The van der Waals surface area contributed by atoms with Crippen molar-refractivity contribution in [1.82, 2.24) is 4.98 Å². The number of allylic oxidation sites excluding steroid dienone is 1. The van der Waals surface area contributed by atoms with Crippen LogP contribution >= 0.6 is 0 Å². The Kier molecular flexibility index (Phi) is 2.75. The molecule has 1 aliphatic heterocycles. The summed E-state index contributed by atoms with van der Waals surface area (Å²) in [6.45, 7) is 2.01. The van der Waals surface area contributed by atoms with Crippen molar-refractivity contribution in [3.63, 3.8) is 0 Å². The largest absolute Gasteiger partial charge is 0.370 e. The first-order chi connectivity index (χ1) is 9.62. The monoisotopic (exact) mass is 265 g/mol. The van der Waals surface area contributed by atoms with Crippen LogP contribution in [0.1, 0.15) is 11.1 Å². The summed E-state index contributed by atoms with van der Waals surface area (Å²) in [6, 6.07) is 7.95. The van der Waals surface area contributed by atoms with Crippen molar-refractivity contribution in [3.05, 3.63) is 53.7 Å². The molecule has 1 aliphatic rings. The number of benzene rings is 1. The summed E-state index contributed by atoms with van der Waals surface area (Å²) >= 11 is 0. The summed E-state index contributed by atoms with van der Waals surface area (Å²) in [7, 11) is 0. The molecule has 1 aromatic heterocycles. The molecule has 4 N–H and O–H groups in total. The maximum atomic E-state index is 5.56. The molecule has 0 aliphatic carbocycles. The maximum absolute atomic E-state index is 5.56. The molecule has 0 saturated heterocycles. The summed E-state index contributed by atoms with van der Waals surface area (Å²) < 4.78 is 0. The van der Waals surface area contributed by atoms with Crippen LogP contribution in [0.5, 0.6) is 0 Å². The Balaban J connectivity index is 2.28. The number of rotatable bonds is 2. The third-order valence-corrected chi connectivity index (χ3v) is 3.41. The zero-order chi connectivity index (χ0) is 14.2. The topological polar surface area (TPSA) is 89.6 Å². The van der Waals surface area contributed by atoms with E-state index in [1.54, 1.807) is 12.4 Å². The van der Waals surface area contributed by atoms with Crippen molar-refractivity contribution in [1.29, 1.82) is 0 Å². The number of aliphatic imine (C=N–C) groups is 2. The van der Waals surface area contributed by atoms with E-state index in [0.29, 0.717) is 0 Å². The lowest BCUT2D eigenvalue weighted by Crippen LogP contribution is -2.29.